The molecule has 1 rings (SSSR count). The van der Waals surface area contributed by atoms with Crippen LogP contribution >= 0.6 is 0 Å². The first-order chi connectivity index (χ1) is 8.25. The van der Waals surface area contributed by atoms with Gasteiger partial charge in [-0.2, -0.15) is 0 Å². The van der Waals surface area contributed by atoms with E-state index in [1.165, 1.54) is 31.3 Å². The van der Waals surface area contributed by atoms with E-state index in [2.05, 4.69) is 0 Å². The van der Waals surface area contributed by atoms with Crippen molar-refractivity contribution in [2.45, 2.75) is 19.3 Å². The zero-order valence-corrected chi connectivity index (χ0v) is 10.6. The fraction of sp³-hybridized carbons (Fsp3) is 0.385. The van der Waals surface area contributed by atoms with Crippen LogP contribution in [0.2, 0.25) is 0 Å². The molecule has 0 saturated carbocycles. The fourth-order valence-electron chi connectivity index (χ4n) is 1.74. The quantitative estimate of drug-likeness (QED) is 0.887. The Morgan fingerprint density at radius 2 is 1.78 bits per heavy atom. The van der Waals surface area contributed by atoms with Crippen LogP contribution in [0.4, 0.5) is 4.39 Å². The van der Waals surface area contributed by atoms with Crippen LogP contribution in [-0.2, 0) is 15.0 Å². The van der Waals surface area contributed by atoms with Gasteiger partial charge in [-0.15, -0.1) is 0 Å². The molecule has 98 valence electrons. The van der Waals surface area contributed by atoms with Crippen LogP contribution in [0.3, 0.4) is 0 Å². The highest BCUT2D eigenvalue weighted by Gasteiger charge is 2.32. The van der Waals surface area contributed by atoms with E-state index in [0.29, 0.717) is 5.56 Å². The summed E-state index contributed by atoms with van der Waals surface area (Å²) in [4.78, 5) is 23.9. The van der Waals surface area contributed by atoms with E-state index in [4.69, 9.17) is 5.11 Å². The molecule has 0 radical (unpaired) electrons. The largest absolute Gasteiger partial charge is 0.480 e. The van der Waals surface area contributed by atoms with E-state index in [1.807, 2.05) is 0 Å². The molecule has 0 aliphatic carbocycles. The third-order valence-corrected chi connectivity index (χ3v) is 2.82. The van der Waals surface area contributed by atoms with E-state index in [0.717, 1.165) is 4.90 Å². The van der Waals surface area contributed by atoms with Crippen LogP contribution < -0.4 is 0 Å². The van der Waals surface area contributed by atoms with Crippen LogP contribution in [0.15, 0.2) is 24.3 Å². The number of amides is 1. The lowest BCUT2D eigenvalue weighted by atomic mass is 9.83. The van der Waals surface area contributed by atoms with E-state index in [-0.39, 0.29) is 18.3 Å². The summed E-state index contributed by atoms with van der Waals surface area (Å²) in [5, 5.41) is 8.66. The molecule has 0 bridgehead atoms. The highest BCUT2D eigenvalue weighted by Crippen LogP contribution is 2.25. The van der Waals surface area contributed by atoms with E-state index < -0.39 is 11.4 Å². The first kappa shape index (κ1) is 14.2. The van der Waals surface area contributed by atoms with Gasteiger partial charge in [0.25, 0.3) is 0 Å². The highest BCUT2D eigenvalue weighted by atomic mass is 19.1. The Bertz CT molecular complexity index is 454. The SMILES string of the molecule is CN(CC(=O)O)C(=O)C(C)(C)c1ccc(F)cc1. The minimum absolute atomic E-state index is 0.323. The standard InChI is InChI=1S/C13H16FNO3/c1-13(2,9-4-6-10(14)7-5-9)12(18)15(3)8-11(16)17/h4-7H,8H2,1-3H3,(H,16,17). The van der Waals surface area contributed by atoms with Crippen LogP contribution in [0, 0.1) is 5.82 Å². The Hall–Kier alpha value is -1.91. The number of carboxylic acids is 1. The van der Waals surface area contributed by atoms with Gasteiger partial charge in [0.15, 0.2) is 0 Å². The number of rotatable bonds is 4. The molecule has 0 atom stereocenters. The Labute approximate surface area is 105 Å². The minimum atomic E-state index is -1.07. The lowest BCUT2D eigenvalue weighted by Gasteiger charge is -2.28. The zero-order chi connectivity index (χ0) is 13.9. The van der Waals surface area contributed by atoms with Gasteiger partial charge in [-0.25, -0.2) is 4.39 Å². The number of halogens is 1. The molecule has 18 heavy (non-hydrogen) atoms. The summed E-state index contributed by atoms with van der Waals surface area (Å²) < 4.78 is 12.8. The zero-order valence-electron chi connectivity index (χ0n) is 10.6. The fourth-order valence-corrected chi connectivity index (χ4v) is 1.74. The topological polar surface area (TPSA) is 57.6 Å². The molecule has 0 saturated heterocycles. The molecule has 1 amide bonds. The third kappa shape index (κ3) is 3.06. The van der Waals surface area contributed by atoms with Crippen LogP contribution in [0.25, 0.3) is 0 Å². The summed E-state index contributed by atoms with van der Waals surface area (Å²) in [6.45, 7) is 3.01. The summed E-state index contributed by atoms with van der Waals surface area (Å²) in [6, 6.07) is 5.62. The molecule has 0 aromatic heterocycles. The number of carbonyl (C=O) groups excluding carboxylic acids is 1. The average molecular weight is 253 g/mol. The van der Waals surface area contributed by atoms with E-state index in [9.17, 15) is 14.0 Å². The lowest BCUT2D eigenvalue weighted by Crippen LogP contribution is -2.43. The number of carboxylic acid groups (broad SMARTS) is 1. The van der Waals surface area contributed by atoms with Crippen molar-refractivity contribution in [2.75, 3.05) is 13.6 Å². The second-order valence-electron chi connectivity index (χ2n) is 4.69. The number of nitrogens with zero attached hydrogens (tertiary/aromatic N) is 1. The molecule has 5 heteroatoms. The molecule has 1 N–H and O–H groups in total. The minimum Gasteiger partial charge on any atom is -0.480 e. The van der Waals surface area contributed by atoms with E-state index in [1.54, 1.807) is 13.8 Å². The van der Waals surface area contributed by atoms with Crippen molar-refractivity contribution in [3.63, 3.8) is 0 Å². The van der Waals surface area contributed by atoms with Crippen LogP contribution in [0.5, 0.6) is 0 Å². The van der Waals surface area contributed by atoms with Crippen molar-refractivity contribution >= 4 is 11.9 Å². The smallest absolute Gasteiger partial charge is 0.323 e. The molecular formula is C13H16FNO3. The average Bonchev–Trinajstić information content (AvgIpc) is 2.27. The lowest BCUT2D eigenvalue weighted by molar-refractivity contribution is -0.145. The molecule has 0 fully saturated rings. The molecule has 0 heterocycles. The Morgan fingerprint density at radius 1 is 1.28 bits per heavy atom. The second-order valence-corrected chi connectivity index (χ2v) is 4.69. The Morgan fingerprint density at radius 3 is 2.22 bits per heavy atom. The summed E-state index contributed by atoms with van der Waals surface area (Å²) in [5.41, 5.74) is -0.246. The predicted molar refractivity (Wildman–Crippen MR) is 64.7 cm³/mol. The van der Waals surface area contributed by atoms with Gasteiger partial charge in [0.1, 0.15) is 12.4 Å². The van der Waals surface area contributed by atoms with Crippen molar-refractivity contribution in [3.8, 4) is 0 Å². The number of hydrogen-bond acceptors (Lipinski definition) is 2. The summed E-state index contributed by atoms with van der Waals surface area (Å²) in [5.74, 6) is -1.77. The molecule has 4 nitrogen and oxygen atoms in total. The normalized spacial score (nSPS) is 11.1. The molecule has 0 spiro atoms. The molecule has 0 unspecified atom stereocenters. The second kappa shape index (κ2) is 5.16. The number of hydrogen-bond donors (Lipinski definition) is 1. The molecule has 1 aromatic carbocycles. The Kier molecular flexibility index (Phi) is 4.06. The van der Waals surface area contributed by atoms with Crippen LogP contribution in [0.1, 0.15) is 19.4 Å². The number of carbonyl (C=O) groups is 2. The number of benzene rings is 1. The van der Waals surface area contributed by atoms with Crippen molar-refractivity contribution in [1.29, 1.82) is 0 Å². The highest BCUT2D eigenvalue weighted by molar-refractivity contribution is 5.89. The molecule has 1 aromatic rings. The summed E-state index contributed by atoms with van der Waals surface area (Å²) in [6.07, 6.45) is 0. The maximum atomic E-state index is 12.8. The van der Waals surface area contributed by atoms with Gasteiger partial charge in [-0.3, -0.25) is 9.59 Å². The van der Waals surface area contributed by atoms with Crippen molar-refractivity contribution in [3.05, 3.63) is 35.6 Å². The number of aliphatic carboxylic acids is 1. The van der Waals surface area contributed by atoms with Gasteiger partial charge in [0, 0.05) is 7.05 Å². The molecule has 0 aliphatic heterocycles. The third-order valence-electron chi connectivity index (χ3n) is 2.82. The van der Waals surface area contributed by atoms with Crippen LogP contribution in [-0.4, -0.2) is 35.5 Å². The van der Waals surface area contributed by atoms with Gasteiger partial charge >= 0.3 is 5.97 Å². The first-order valence-corrected chi connectivity index (χ1v) is 5.48. The van der Waals surface area contributed by atoms with Crippen molar-refractivity contribution < 1.29 is 19.1 Å². The predicted octanol–water partition coefficient (Wildman–Crippen LogP) is 1.65. The summed E-state index contributed by atoms with van der Waals surface area (Å²) in [7, 11) is 1.43. The van der Waals surface area contributed by atoms with Gasteiger partial charge in [0.2, 0.25) is 5.91 Å². The maximum absolute atomic E-state index is 12.8. The maximum Gasteiger partial charge on any atom is 0.323 e. The molecular weight excluding hydrogens is 237 g/mol. The van der Waals surface area contributed by atoms with Gasteiger partial charge in [-0.1, -0.05) is 12.1 Å². The number of likely N-dealkylation sites (N-methyl/N-ethyl adjacent to an activating group) is 1. The molecule has 0 aliphatic rings. The Balaban J connectivity index is 2.95. The van der Waals surface area contributed by atoms with Crippen molar-refractivity contribution in [1.82, 2.24) is 4.90 Å². The van der Waals surface area contributed by atoms with E-state index >= 15 is 0 Å². The summed E-state index contributed by atoms with van der Waals surface area (Å²) >= 11 is 0. The first-order valence-electron chi connectivity index (χ1n) is 5.48. The van der Waals surface area contributed by atoms with Crippen molar-refractivity contribution in [2.24, 2.45) is 0 Å². The van der Waals surface area contributed by atoms with Gasteiger partial charge in [-0.05, 0) is 31.5 Å². The van der Waals surface area contributed by atoms with Gasteiger partial charge < -0.3 is 10.0 Å². The monoisotopic (exact) mass is 253 g/mol. The van der Waals surface area contributed by atoms with Gasteiger partial charge in [0.05, 0.1) is 5.41 Å².